The molecular formula is C20H20N4O3. The SMILES string of the molecule is COc1ccnc(C(=O)N2CCc3oc(CCc4cccnc4)nc3C2)c1. The van der Waals surface area contributed by atoms with Gasteiger partial charge in [-0.1, -0.05) is 6.07 Å². The number of rotatable bonds is 5. The summed E-state index contributed by atoms with van der Waals surface area (Å²) in [7, 11) is 1.57. The fourth-order valence-electron chi connectivity index (χ4n) is 3.15. The van der Waals surface area contributed by atoms with E-state index in [0.717, 1.165) is 23.4 Å². The van der Waals surface area contributed by atoms with Crippen molar-refractivity contribution in [3.63, 3.8) is 0 Å². The highest BCUT2D eigenvalue weighted by Crippen LogP contribution is 2.22. The second-order valence-corrected chi connectivity index (χ2v) is 6.40. The van der Waals surface area contributed by atoms with Gasteiger partial charge in [0, 0.05) is 44.0 Å². The molecule has 7 nitrogen and oxygen atoms in total. The summed E-state index contributed by atoms with van der Waals surface area (Å²) in [6.07, 6.45) is 7.38. The Labute approximate surface area is 157 Å². The highest BCUT2D eigenvalue weighted by molar-refractivity contribution is 5.92. The molecule has 0 radical (unpaired) electrons. The zero-order valence-electron chi connectivity index (χ0n) is 15.1. The fraction of sp³-hybridized carbons (Fsp3) is 0.300. The first-order valence-corrected chi connectivity index (χ1v) is 8.88. The van der Waals surface area contributed by atoms with Gasteiger partial charge in [-0.05, 0) is 24.1 Å². The molecule has 0 spiro atoms. The molecule has 0 atom stereocenters. The zero-order valence-corrected chi connectivity index (χ0v) is 15.1. The van der Waals surface area contributed by atoms with Gasteiger partial charge in [0.15, 0.2) is 5.89 Å². The molecule has 3 aromatic heterocycles. The maximum atomic E-state index is 12.7. The van der Waals surface area contributed by atoms with Gasteiger partial charge in [-0.25, -0.2) is 4.98 Å². The van der Waals surface area contributed by atoms with Crippen LogP contribution in [-0.4, -0.2) is 39.4 Å². The first kappa shape index (κ1) is 17.2. The van der Waals surface area contributed by atoms with E-state index in [1.165, 1.54) is 0 Å². The number of methoxy groups -OCH3 is 1. The number of oxazole rings is 1. The summed E-state index contributed by atoms with van der Waals surface area (Å²) in [6, 6.07) is 7.33. The molecule has 4 heterocycles. The van der Waals surface area contributed by atoms with Crippen molar-refractivity contribution in [2.24, 2.45) is 0 Å². The van der Waals surface area contributed by atoms with E-state index in [1.807, 2.05) is 18.3 Å². The van der Waals surface area contributed by atoms with E-state index >= 15 is 0 Å². The number of ether oxygens (including phenoxy) is 1. The van der Waals surface area contributed by atoms with Gasteiger partial charge in [-0.2, -0.15) is 0 Å². The molecule has 27 heavy (non-hydrogen) atoms. The molecule has 0 unspecified atom stereocenters. The second-order valence-electron chi connectivity index (χ2n) is 6.40. The molecule has 0 saturated carbocycles. The average molecular weight is 364 g/mol. The minimum Gasteiger partial charge on any atom is -0.497 e. The quantitative estimate of drug-likeness (QED) is 0.692. The van der Waals surface area contributed by atoms with Crippen LogP contribution >= 0.6 is 0 Å². The molecule has 7 heteroatoms. The maximum Gasteiger partial charge on any atom is 0.272 e. The van der Waals surface area contributed by atoms with Crippen LogP contribution in [0.3, 0.4) is 0 Å². The molecule has 1 aliphatic heterocycles. The van der Waals surface area contributed by atoms with Crippen LogP contribution in [0.4, 0.5) is 0 Å². The summed E-state index contributed by atoms with van der Waals surface area (Å²) in [5.74, 6) is 2.07. The first-order valence-electron chi connectivity index (χ1n) is 8.88. The summed E-state index contributed by atoms with van der Waals surface area (Å²) >= 11 is 0. The molecule has 0 N–H and O–H groups in total. The monoisotopic (exact) mass is 364 g/mol. The number of hydrogen-bond acceptors (Lipinski definition) is 6. The third-order valence-corrected chi connectivity index (χ3v) is 4.60. The summed E-state index contributed by atoms with van der Waals surface area (Å²) in [4.78, 5) is 27.4. The van der Waals surface area contributed by atoms with E-state index in [0.29, 0.717) is 43.3 Å². The lowest BCUT2D eigenvalue weighted by atomic mass is 10.1. The lowest BCUT2D eigenvalue weighted by molar-refractivity contribution is 0.0721. The van der Waals surface area contributed by atoms with Crippen molar-refractivity contribution in [3.8, 4) is 5.75 Å². The average Bonchev–Trinajstić information content (AvgIpc) is 3.14. The highest BCUT2D eigenvalue weighted by atomic mass is 16.5. The number of pyridine rings is 2. The topological polar surface area (TPSA) is 81.4 Å². The third kappa shape index (κ3) is 3.81. The summed E-state index contributed by atoms with van der Waals surface area (Å²) < 4.78 is 11.1. The van der Waals surface area contributed by atoms with Crippen LogP contribution in [0.5, 0.6) is 5.75 Å². The van der Waals surface area contributed by atoms with Crippen LogP contribution in [0, 0.1) is 0 Å². The van der Waals surface area contributed by atoms with Crippen LogP contribution in [0.25, 0.3) is 0 Å². The van der Waals surface area contributed by atoms with E-state index in [4.69, 9.17) is 9.15 Å². The minimum absolute atomic E-state index is 0.126. The molecule has 0 fully saturated rings. The molecule has 0 saturated heterocycles. The predicted octanol–water partition coefficient (Wildman–Crippen LogP) is 2.46. The first-order chi connectivity index (χ1) is 13.2. The fourth-order valence-corrected chi connectivity index (χ4v) is 3.15. The number of aryl methyl sites for hydroxylation is 2. The third-order valence-electron chi connectivity index (χ3n) is 4.60. The highest BCUT2D eigenvalue weighted by Gasteiger charge is 2.26. The largest absolute Gasteiger partial charge is 0.497 e. The number of fused-ring (bicyclic) bond motifs is 1. The van der Waals surface area contributed by atoms with E-state index in [9.17, 15) is 4.79 Å². The summed E-state index contributed by atoms with van der Waals surface area (Å²) in [6.45, 7) is 1.02. The molecule has 1 amide bonds. The Kier molecular flexibility index (Phi) is 4.82. The minimum atomic E-state index is -0.126. The number of carbonyl (C=O) groups excluding carboxylic acids is 1. The van der Waals surface area contributed by atoms with Crippen LogP contribution in [-0.2, 0) is 25.8 Å². The van der Waals surface area contributed by atoms with Gasteiger partial charge in [-0.3, -0.25) is 14.8 Å². The van der Waals surface area contributed by atoms with Gasteiger partial charge in [0.25, 0.3) is 5.91 Å². The van der Waals surface area contributed by atoms with Crippen LogP contribution in [0.15, 0.2) is 47.3 Å². The Hall–Kier alpha value is -3.22. The van der Waals surface area contributed by atoms with Crippen molar-refractivity contribution in [3.05, 3.63) is 71.5 Å². The molecule has 1 aliphatic rings. The van der Waals surface area contributed by atoms with Crippen molar-refractivity contribution < 1.29 is 13.9 Å². The van der Waals surface area contributed by atoms with Gasteiger partial charge in [0.1, 0.15) is 22.9 Å². The Morgan fingerprint density at radius 1 is 1.30 bits per heavy atom. The lowest BCUT2D eigenvalue weighted by Crippen LogP contribution is -2.36. The Bertz CT molecular complexity index is 939. The van der Waals surface area contributed by atoms with Crippen molar-refractivity contribution in [1.29, 1.82) is 0 Å². The number of hydrogen-bond donors (Lipinski definition) is 0. The predicted molar refractivity (Wildman–Crippen MR) is 97.4 cm³/mol. The zero-order chi connectivity index (χ0) is 18.6. The van der Waals surface area contributed by atoms with Crippen LogP contribution in [0.2, 0.25) is 0 Å². The van der Waals surface area contributed by atoms with Gasteiger partial charge in [0.2, 0.25) is 0 Å². The second kappa shape index (κ2) is 7.57. The van der Waals surface area contributed by atoms with Crippen molar-refractivity contribution in [2.45, 2.75) is 25.8 Å². The van der Waals surface area contributed by atoms with E-state index in [-0.39, 0.29) is 5.91 Å². The number of carbonyl (C=O) groups is 1. The Morgan fingerprint density at radius 2 is 2.22 bits per heavy atom. The lowest BCUT2D eigenvalue weighted by Gasteiger charge is -2.25. The molecule has 0 aromatic carbocycles. The molecule has 4 rings (SSSR count). The van der Waals surface area contributed by atoms with Gasteiger partial charge < -0.3 is 14.1 Å². The Balaban J connectivity index is 1.43. The number of nitrogens with zero attached hydrogens (tertiary/aromatic N) is 4. The van der Waals surface area contributed by atoms with E-state index in [2.05, 4.69) is 15.0 Å². The number of aromatic nitrogens is 3. The van der Waals surface area contributed by atoms with Gasteiger partial charge in [0.05, 0.1) is 13.7 Å². The molecule has 0 bridgehead atoms. The van der Waals surface area contributed by atoms with Crippen LogP contribution < -0.4 is 4.74 Å². The van der Waals surface area contributed by atoms with Crippen molar-refractivity contribution in [2.75, 3.05) is 13.7 Å². The standard InChI is InChI=1S/C20H20N4O3/c1-26-15-6-9-22-16(11-15)20(25)24-10-7-18-17(13-24)23-19(27-18)5-4-14-3-2-8-21-12-14/h2-3,6,8-9,11-12H,4-5,7,10,13H2,1H3. The van der Waals surface area contributed by atoms with E-state index < -0.39 is 0 Å². The Morgan fingerprint density at radius 3 is 3.04 bits per heavy atom. The number of amides is 1. The molecule has 3 aromatic rings. The molecular weight excluding hydrogens is 344 g/mol. The maximum absolute atomic E-state index is 12.7. The van der Waals surface area contributed by atoms with Gasteiger partial charge >= 0.3 is 0 Å². The van der Waals surface area contributed by atoms with Crippen molar-refractivity contribution >= 4 is 5.91 Å². The van der Waals surface area contributed by atoms with Gasteiger partial charge in [-0.15, -0.1) is 0 Å². The summed E-state index contributed by atoms with van der Waals surface area (Å²) in [5, 5.41) is 0. The molecule has 138 valence electrons. The van der Waals surface area contributed by atoms with E-state index in [1.54, 1.807) is 36.5 Å². The smallest absolute Gasteiger partial charge is 0.272 e. The molecule has 0 aliphatic carbocycles. The normalized spacial score (nSPS) is 13.3. The summed E-state index contributed by atoms with van der Waals surface area (Å²) in [5.41, 5.74) is 2.35. The van der Waals surface area contributed by atoms with Crippen molar-refractivity contribution in [1.82, 2.24) is 19.9 Å². The van der Waals surface area contributed by atoms with Crippen LogP contribution in [0.1, 0.15) is 33.4 Å².